The Morgan fingerprint density at radius 3 is 2.14 bits per heavy atom. The molecule has 1 aromatic rings. The molecule has 0 saturated heterocycles. The van der Waals surface area contributed by atoms with Crippen molar-refractivity contribution in [2.45, 2.75) is 26.2 Å². The highest BCUT2D eigenvalue weighted by molar-refractivity contribution is 5.53. The highest BCUT2D eigenvalue weighted by Crippen LogP contribution is 2.33. The number of hydrogen-bond acceptors (Lipinski definition) is 2. The smallest absolute Gasteiger partial charge is 0.119 e. The maximum Gasteiger partial charge on any atom is 0.119 e. The van der Waals surface area contributed by atoms with E-state index in [1.165, 1.54) is 0 Å². The van der Waals surface area contributed by atoms with Crippen LogP contribution >= 0.6 is 0 Å². The van der Waals surface area contributed by atoms with Crippen molar-refractivity contribution in [2.24, 2.45) is 0 Å². The number of benzene rings is 1. The molecule has 0 heterocycles. The van der Waals surface area contributed by atoms with Crippen molar-refractivity contribution in [1.82, 2.24) is 0 Å². The van der Waals surface area contributed by atoms with Crippen LogP contribution in [0.4, 0.5) is 5.69 Å². The molecule has 0 saturated carbocycles. The zero-order valence-electron chi connectivity index (χ0n) is 9.63. The van der Waals surface area contributed by atoms with Crippen LogP contribution < -0.4 is 4.90 Å². The van der Waals surface area contributed by atoms with E-state index >= 15 is 0 Å². The van der Waals surface area contributed by atoms with E-state index in [2.05, 4.69) is 20.8 Å². The fourth-order valence-electron chi connectivity index (χ4n) is 1.40. The van der Waals surface area contributed by atoms with E-state index in [0.29, 0.717) is 5.75 Å². The third-order valence-corrected chi connectivity index (χ3v) is 2.30. The molecule has 0 aliphatic carbocycles. The summed E-state index contributed by atoms with van der Waals surface area (Å²) in [6, 6.07) is 5.72. The lowest BCUT2D eigenvalue weighted by Gasteiger charge is -2.23. The van der Waals surface area contributed by atoms with Crippen LogP contribution in [0.25, 0.3) is 0 Å². The zero-order valence-corrected chi connectivity index (χ0v) is 9.63. The standard InChI is InChI=1S/C12H19NO/c1-12(2,3)10-8-9(13(4)5)6-7-11(10)14/h6-8,14H,1-5H3. The van der Waals surface area contributed by atoms with Crippen molar-refractivity contribution in [2.75, 3.05) is 19.0 Å². The molecular formula is C12H19NO. The molecule has 14 heavy (non-hydrogen) atoms. The van der Waals surface area contributed by atoms with Gasteiger partial charge in [-0.1, -0.05) is 20.8 Å². The minimum absolute atomic E-state index is 0.0178. The third-order valence-electron chi connectivity index (χ3n) is 2.30. The molecule has 0 unspecified atom stereocenters. The summed E-state index contributed by atoms with van der Waals surface area (Å²) in [6.07, 6.45) is 0. The molecule has 0 radical (unpaired) electrons. The quantitative estimate of drug-likeness (QED) is 0.741. The van der Waals surface area contributed by atoms with Crippen LogP contribution in [0.3, 0.4) is 0 Å². The Morgan fingerprint density at radius 2 is 1.71 bits per heavy atom. The molecule has 2 heteroatoms. The largest absolute Gasteiger partial charge is 0.508 e. The number of aromatic hydroxyl groups is 1. The summed E-state index contributed by atoms with van der Waals surface area (Å²) in [7, 11) is 4.00. The number of nitrogens with zero attached hydrogens (tertiary/aromatic N) is 1. The predicted octanol–water partition coefficient (Wildman–Crippen LogP) is 2.76. The first-order valence-corrected chi connectivity index (χ1v) is 4.83. The van der Waals surface area contributed by atoms with Gasteiger partial charge in [-0.15, -0.1) is 0 Å². The predicted molar refractivity (Wildman–Crippen MR) is 61.1 cm³/mol. The lowest BCUT2D eigenvalue weighted by molar-refractivity contribution is 0.447. The summed E-state index contributed by atoms with van der Waals surface area (Å²) < 4.78 is 0. The van der Waals surface area contributed by atoms with Crippen LogP contribution in [-0.2, 0) is 5.41 Å². The van der Waals surface area contributed by atoms with Gasteiger partial charge in [0.1, 0.15) is 5.75 Å². The first-order valence-electron chi connectivity index (χ1n) is 4.83. The summed E-state index contributed by atoms with van der Waals surface area (Å²) in [5.74, 6) is 0.378. The summed E-state index contributed by atoms with van der Waals surface area (Å²) in [6.45, 7) is 6.30. The second-order valence-corrected chi connectivity index (χ2v) is 4.85. The Labute approximate surface area is 86.2 Å². The minimum atomic E-state index is -0.0178. The average Bonchev–Trinajstić information content (AvgIpc) is 2.02. The van der Waals surface area contributed by atoms with E-state index in [0.717, 1.165) is 11.3 Å². The maximum atomic E-state index is 9.73. The van der Waals surface area contributed by atoms with Crippen LogP contribution in [0, 0.1) is 0 Å². The lowest BCUT2D eigenvalue weighted by atomic mass is 9.86. The number of rotatable bonds is 1. The molecule has 2 nitrogen and oxygen atoms in total. The van der Waals surface area contributed by atoms with E-state index < -0.39 is 0 Å². The molecule has 0 atom stereocenters. The molecule has 0 fully saturated rings. The normalized spacial score (nSPS) is 11.5. The Balaban J connectivity index is 3.22. The van der Waals surface area contributed by atoms with Crippen molar-refractivity contribution in [1.29, 1.82) is 0 Å². The van der Waals surface area contributed by atoms with Crippen molar-refractivity contribution in [3.8, 4) is 5.75 Å². The molecule has 1 rings (SSSR count). The molecule has 0 bridgehead atoms. The summed E-state index contributed by atoms with van der Waals surface area (Å²) >= 11 is 0. The van der Waals surface area contributed by atoms with Crippen LogP contribution in [0.5, 0.6) is 5.75 Å². The average molecular weight is 193 g/mol. The Kier molecular flexibility index (Phi) is 2.74. The second kappa shape index (κ2) is 3.52. The SMILES string of the molecule is CN(C)c1ccc(O)c(C(C)(C)C)c1. The molecule has 78 valence electrons. The van der Waals surface area contributed by atoms with Crippen LogP contribution in [0.1, 0.15) is 26.3 Å². The van der Waals surface area contributed by atoms with Gasteiger partial charge >= 0.3 is 0 Å². The van der Waals surface area contributed by atoms with Crippen LogP contribution in [-0.4, -0.2) is 19.2 Å². The number of phenols is 1. The molecule has 1 aromatic carbocycles. The van der Waals surface area contributed by atoms with Gasteiger partial charge in [-0.25, -0.2) is 0 Å². The Morgan fingerprint density at radius 1 is 1.14 bits per heavy atom. The highest BCUT2D eigenvalue weighted by atomic mass is 16.3. The first kappa shape index (κ1) is 10.9. The maximum absolute atomic E-state index is 9.73. The van der Waals surface area contributed by atoms with Crippen molar-refractivity contribution >= 4 is 5.69 Å². The van der Waals surface area contributed by atoms with E-state index in [4.69, 9.17) is 0 Å². The Bertz CT molecular complexity index is 324. The highest BCUT2D eigenvalue weighted by Gasteiger charge is 2.18. The topological polar surface area (TPSA) is 23.5 Å². The first-order chi connectivity index (χ1) is 6.32. The van der Waals surface area contributed by atoms with Gasteiger partial charge in [0.2, 0.25) is 0 Å². The van der Waals surface area contributed by atoms with Gasteiger partial charge in [0.05, 0.1) is 0 Å². The third kappa shape index (κ3) is 2.19. The van der Waals surface area contributed by atoms with Gasteiger partial charge in [0.15, 0.2) is 0 Å². The number of hydrogen-bond donors (Lipinski definition) is 1. The molecule has 0 aliphatic rings. The van der Waals surface area contributed by atoms with Gasteiger partial charge in [-0.05, 0) is 23.6 Å². The molecule has 0 aromatic heterocycles. The monoisotopic (exact) mass is 193 g/mol. The van der Waals surface area contributed by atoms with Crippen molar-refractivity contribution in [3.63, 3.8) is 0 Å². The van der Waals surface area contributed by atoms with Crippen molar-refractivity contribution < 1.29 is 5.11 Å². The number of anilines is 1. The molecule has 0 spiro atoms. The minimum Gasteiger partial charge on any atom is -0.508 e. The van der Waals surface area contributed by atoms with E-state index in [1.54, 1.807) is 6.07 Å². The van der Waals surface area contributed by atoms with Gasteiger partial charge in [-0.3, -0.25) is 0 Å². The van der Waals surface area contributed by atoms with Crippen LogP contribution in [0.2, 0.25) is 0 Å². The fourth-order valence-corrected chi connectivity index (χ4v) is 1.40. The fraction of sp³-hybridized carbons (Fsp3) is 0.500. The second-order valence-electron chi connectivity index (χ2n) is 4.85. The van der Waals surface area contributed by atoms with Gasteiger partial charge in [-0.2, -0.15) is 0 Å². The number of phenolic OH excluding ortho intramolecular Hbond substituents is 1. The lowest BCUT2D eigenvalue weighted by Crippen LogP contribution is -2.14. The van der Waals surface area contributed by atoms with Crippen LogP contribution in [0.15, 0.2) is 18.2 Å². The van der Waals surface area contributed by atoms with Gasteiger partial charge < -0.3 is 10.0 Å². The van der Waals surface area contributed by atoms with E-state index in [1.807, 2.05) is 31.1 Å². The van der Waals surface area contributed by atoms with E-state index in [9.17, 15) is 5.11 Å². The zero-order chi connectivity index (χ0) is 10.9. The molecule has 0 aliphatic heterocycles. The summed E-state index contributed by atoms with van der Waals surface area (Å²) in [5.41, 5.74) is 2.09. The molecule has 0 amide bonds. The van der Waals surface area contributed by atoms with Gasteiger partial charge in [0.25, 0.3) is 0 Å². The van der Waals surface area contributed by atoms with E-state index in [-0.39, 0.29) is 5.41 Å². The van der Waals surface area contributed by atoms with Gasteiger partial charge in [0, 0.05) is 25.3 Å². The summed E-state index contributed by atoms with van der Waals surface area (Å²) in [4.78, 5) is 2.04. The molecular weight excluding hydrogens is 174 g/mol. The Hall–Kier alpha value is -1.18. The molecule has 1 N–H and O–H groups in total. The summed E-state index contributed by atoms with van der Waals surface area (Å²) in [5, 5.41) is 9.73. The van der Waals surface area contributed by atoms with Crippen molar-refractivity contribution in [3.05, 3.63) is 23.8 Å².